The number of H-pyrrole nitrogens is 1. The van der Waals surface area contributed by atoms with Gasteiger partial charge in [0.05, 0.1) is 24.3 Å². The van der Waals surface area contributed by atoms with Crippen LogP contribution in [0, 0.1) is 5.92 Å². The molecule has 98 valence electrons. The van der Waals surface area contributed by atoms with E-state index in [0.717, 1.165) is 24.3 Å². The molecule has 2 N–H and O–H groups in total. The lowest BCUT2D eigenvalue weighted by atomic mass is 10.2. The van der Waals surface area contributed by atoms with Crippen LogP contribution in [0.5, 0.6) is 0 Å². The molecule has 0 bridgehead atoms. The molecule has 0 spiro atoms. The van der Waals surface area contributed by atoms with Gasteiger partial charge in [-0.15, -0.1) is 0 Å². The van der Waals surface area contributed by atoms with Gasteiger partial charge in [-0.1, -0.05) is 13.8 Å². The molecular formula is C13H21N5. The van der Waals surface area contributed by atoms with Gasteiger partial charge in [0.1, 0.15) is 0 Å². The molecule has 5 nitrogen and oxygen atoms in total. The molecule has 0 aliphatic heterocycles. The maximum absolute atomic E-state index is 4.41. The van der Waals surface area contributed by atoms with Gasteiger partial charge in [-0.25, -0.2) is 4.98 Å². The van der Waals surface area contributed by atoms with E-state index in [1.807, 2.05) is 18.7 Å². The van der Waals surface area contributed by atoms with E-state index < -0.39 is 0 Å². The molecule has 0 amide bonds. The van der Waals surface area contributed by atoms with Gasteiger partial charge in [0.15, 0.2) is 0 Å². The SMILES string of the molecule is CC(C)CNCc1cn(C(C)c2cn[nH]c2)cn1. The average Bonchev–Trinajstić information content (AvgIpc) is 2.99. The number of nitrogens with one attached hydrogen (secondary N) is 2. The van der Waals surface area contributed by atoms with Crippen LogP contribution in [0.25, 0.3) is 0 Å². The second kappa shape index (κ2) is 5.82. The standard InChI is InChI=1S/C13H21N5/c1-10(2)4-14-7-13-8-18(9-15-13)11(3)12-5-16-17-6-12/h5-6,8-11,14H,4,7H2,1-3H3,(H,16,17). The lowest BCUT2D eigenvalue weighted by Gasteiger charge is -2.10. The van der Waals surface area contributed by atoms with E-state index in [2.05, 4.69) is 52.0 Å². The third kappa shape index (κ3) is 3.20. The molecule has 0 saturated heterocycles. The summed E-state index contributed by atoms with van der Waals surface area (Å²) in [6, 6.07) is 0.259. The molecule has 2 rings (SSSR count). The zero-order valence-electron chi connectivity index (χ0n) is 11.2. The molecule has 5 heteroatoms. The number of hydrogen-bond acceptors (Lipinski definition) is 3. The van der Waals surface area contributed by atoms with Crippen LogP contribution >= 0.6 is 0 Å². The Labute approximate surface area is 108 Å². The second-order valence-electron chi connectivity index (χ2n) is 5.04. The van der Waals surface area contributed by atoms with Gasteiger partial charge in [0.25, 0.3) is 0 Å². The van der Waals surface area contributed by atoms with Crippen LogP contribution in [0.1, 0.15) is 38.1 Å². The molecule has 2 aromatic heterocycles. The normalized spacial score (nSPS) is 13.1. The Hall–Kier alpha value is -1.62. The maximum atomic E-state index is 4.41. The number of hydrogen-bond donors (Lipinski definition) is 2. The Kier molecular flexibility index (Phi) is 4.15. The second-order valence-corrected chi connectivity index (χ2v) is 5.04. The molecule has 0 saturated carbocycles. The fourth-order valence-electron chi connectivity index (χ4n) is 1.83. The summed E-state index contributed by atoms with van der Waals surface area (Å²) in [5.74, 6) is 0.664. The summed E-state index contributed by atoms with van der Waals surface area (Å²) in [4.78, 5) is 4.41. The van der Waals surface area contributed by atoms with E-state index in [4.69, 9.17) is 0 Å². The van der Waals surface area contributed by atoms with Crippen molar-refractivity contribution in [3.63, 3.8) is 0 Å². The maximum Gasteiger partial charge on any atom is 0.0955 e. The summed E-state index contributed by atoms with van der Waals surface area (Å²) in [6.07, 6.45) is 7.73. The Morgan fingerprint density at radius 3 is 2.89 bits per heavy atom. The number of imidazole rings is 1. The summed E-state index contributed by atoms with van der Waals surface area (Å²) in [7, 11) is 0. The smallest absolute Gasteiger partial charge is 0.0955 e. The highest BCUT2D eigenvalue weighted by Gasteiger charge is 2.09. The van der Waals surface area contributed by atoms with Crippen LogP contribution in [-0.4, -0.2) is 26.3 Å². The van der Waals surface area contributed by atoms with Crippen molar-refractivity contribution in [2.75, 3.05) is 6.54 Å². The zero-order chi connectivity index (χ0) is 13.0. The van der Waals surface area contributed by atoms with Crippen molar-refractivity contribution < 1.29 is 0 Å². The van der Waals surface area contributed by atoms with E-state index in [1.54, 1.807) is 0 Å². The van der Waals surface area contributed by atoms with Gasteiger partial charge >= 0.3 is 0 Å². The van der Waals surface area contributed by atoms with Crippen LogP contribution in [0.15, 0.2) is 24.9 Å². The van der Waals surface area contributed by atoms with Crippen LogP contribution in [-0.2, 0) is 6.54 Å². The molecule has 1 atom stereocenters. The quantitative estimate of drug-likeness (QED) is 0.820. The number of aromatic nitrogens is 4. The van der Waals surface area contributed by atoms with Crippen LogP contribution in [0.3, 0.4) is 0 Å². The van der Waals surface area contributed by atoms with Gasteiger partial charge in [0.2, 0.25) is 0 Å². The van der Waals surface area contributed by atoms with E-state index in [0.29, 0.717) is 5.92 Å². The van der Waals surface area contributed by atoms with Crippen LogP contribution in [0.4, 0.5) is 0 Å². The van der Waals surface area contributed by atoms with E-state index in [9.17, 15) is 0 Å². The first kappa shape index (κ1) is 12.8. The highest BCUT2D eigenvalue weighted by atomic mass is 15.1. The summed E-state index contributed by atoms with van der Waals surface area (Å²) in [5.41, 5.74) is 2.24. The molecule has 18 heavy (non-hydrogen) atoms. The number of rotatable bonds is 6. The molecule has 0 fully saturated rings. The monoisotopic (exact) mass is 247 g/mol. The Morgan fingerprint density at radius 2 is 2.22 bits per heavy atom. The molecule has 2 heterocycles. The van der Waals surface area contributed by atoms with E-state index in [1.165, 1.54) is 0 Å². The van der Waals surface area contributed by atoms with Crippen molar-refractivity contribution in [1.82, 2.24) is 25.1 Å². The number of nitrogens with zero attached hydrogens (tertiary/aromatic N) is 3. The van der Waals surface area contributed by atoms with Crippen molar-refractivity contribution in [1.29, 1.82) is 0 Å². The Morgan fingerprint density at radius 1 is 1.39 bits per heavy atom. The van der Waals surface area contributed by atoms with Crippen molar-refractivity contribution >= 4 is 0 Å². The minimum Gasteiger partial charge on any atom is -0.330 e. The summed E-state index contributed by atoms with van der Waals surface area (Å²) in [5, 5.41) is 10.2. The predicted molar refractivity (Wildman–Crippen MR) is 71.2 cm³/mol. The molecule has 1 unspecified atom stereocenters. The minimum atomic E-state index is 0.259. The summed E-state index contributed by atoms with van der Waals surface area (Å²) < 4.78 is 2.11. The van der Waals surface area contributed by atoms with E-state index >= 15 is 0 Å². The number of aromatic amines is 1. The van der Waals surface area contributed by atoms with Crippen LogP contribution in [0.2, 0.25) is 0 Å². The fraction of sp³-hybridized carbons (Fsp3) is 0.538. The minimum absolute atomic E-state index is 0.259. The van der Waals surface area contributed by atoms with E-state index in [-0.39, 0.29) is 6.04 Å². The van der Waals surface area contributed by atoms with Gasteiger partial charge in [-0.05, 0) is 19.4 Å². The lowest BCUT2D eigenvalue weighted by Crippen LogP contribution is -2.19. The predicted octanol–water partition coefficient (Wildman–Crippen LogP) is 1.96. The molecule has 0 aromatic carbocycles. The largest absolute Gasteiger partial charge is 0.330 e. The third-order valence-electron chi connectivity index (χ3n) is 2.96. The third-order valence-corrected chi connectivity index (χ3v) is 2.96. The van der Waals surface area contributed by atoms with Crippen molar-refractivity contribution in [3.05, 3.63) is 36.2 Å². The van der Waals surface area contributed by atoms with Crippen molar-refractivity contribution in [2.24, 2.45) is 5.92 Å². The topological polar surface area (TPSA) is 58.5 Å². The molecule has 0 aliphatic rings. The zero-order valence-corrected chi connectivity index (χ0v) is 11.2. The first-order chi connectivity index (χ1) is 8.66. The van der Waals surface area contributed by atoms with Gasteiger partial charge in [0, 0.05) is 24.5 Å². The average molecular weight is 247 g/mol. The fourth-order valence-corrected chi connectivity index (χ4v) is 1.83. The Balaban J connectivity index is 1.93. The first-order valence-electron chi connectivity index (χ1n) is 6.38. The first-order valence-corrected chi connectivity index (χ1v) is 6.38. The van der Waals surface area contributed by atoms with Gasteiger partial charge < -0.3 is 9.88 Å². The van der Waals surface area contributed by atoms with Gasteiger partial charge in [-0.3, -0.25) is 5.10 Å². The van der Waals surface area contributed by atoms with Gasteiger partial charge in [-0.2, -0.15) is 5.10 Å². The lowest BCUT2D eigenvalue weighted by molar-refractivity contribution is 0.548. The highest BCUT2D eigenvalue weighted by molar-refractivity contribution is 5.11. The molecule has 0 aliphatic carbocycles. The molecule has 2 aromatic rings. The van der Waals surface area contributed by atoms with Crippen molar-refractivity contribution in [3.8, 4) is 0 Å². The molecular weight excluding hydrogens is 226 g/mol. The highest BCUT2D eigenvalue weighted by Crippen LogP contribution is 2.16. The summed E-state index contributed by atoms with van der Waals surface area (Å²) >= 11 is 0. The van der Waals surface area contributed by atoms with Crippen molar-refractivity contribution in [2.45, 2.75) is 33.4 Å². The molecule has 0 radical (unpaired) electrons. The summed E-state index contributed by atoms with van der Waals surface area (Å²) in [6.45, 7) is 8.38. The Bertz CT molecular complexity index is 457. The van der Waals surface area contributed by atoms with Crippen LogP contribution < -0.4 is 5.32 Å².